The van der Waals surface area contributed by atoms with Crippen molar-refractivity contribution in [1.82, 2.24) is 15.2 Å². The number of halogens is 1. The molecular formula is C25H24FN3O2. The highest BCUT2D eigenvalue weighted by Crippen LogP contribution is 2.29. The smallest absolute Gasteiger partial charge is 0.225 e. The van der Waals surface area contributed by atoms with Crippen LogP contribution in [0.1, 0.15) is 21.5 Å². The number of hydrogen-bond acceptors (Lipinski definition) is 4. The molecule has 1 aromatic heterocycles. The van der Waals surface area contributed by atoms with Crippen LogP contribution in [0, 0.1) is 17.7 Å². The molecule has 6 heteroatoms. The van der Waals surface area contributed by atoms with Crippen LogP contribution in [0.3, 0.4) is 0 Å². The van der Waals surface area contributed by atoms with Gasteiger partial charge in [0.05, 0.1) is 5.92 Å². The van der Waals surface area contributed by atoms with Gasteiger partial charge in [-0.25, -0.2) is 4.39 Å². The number of nitrogens with one attached hydrogen (secondary N) is 1. The third-order valence-electron chi connectivity index (χ3n) is 5.64. The van der Waals surface area contributed by atoms with Crippen molar-refractivity contribution in [3.05, 3.63) is 102 Å². The fourth-order valence-electron chi connectivity index (χ4n) is 4.04. The molecule has 4 rings (SSSR count). The number of carbonyl (C=O) groups excluding carboxylic acids is 2. The third kappa shape index (κ3) is 5.22. The zero-order valence-corrected chi connectivity index (χ0v) is 17.1. The van der Waals surface area contributed by atoms with Crippen molar-refractivity contribution in [2.75, 3.05) is 13.1 Å². The van der Waals surface area contributed by atoms with Crippen LogP contribution in [0.2, 0.25) is 0 Å². The summed E-state index contributed by atoms with van der Waals surface area (Å²) >= 11 is 0. The van der Waals surface area contributed by atoms with Crippen LogP contribution in [0.15, 0.2) is 79.1 Å². The summed E-state index contributed by atoms with van der Waals surface area (Å²) in [6.45, 7) is 2.00. The summed E-state index contributed by atoms with van der Waals surface area (Å²) in [4.78, 5) is 32.5. The number of aromatic nitrogens is 1. The Labute approximate surface area is 180 Å². The van der Waals surface area contributed by atoms with Crippen molar-refractivity contribution in [3.63, 3.8) is 0 Å². The number of rotatable bonds is 7. The van der Waals surface area contributed by atoms with Gasteiger partial charge in [0.2, 0.25) is 5.91 Å². The topological polar surface area (TPSA) is 62.3 Å². The monoisotopic (exact) mass is 417 g/mol. The van der Waals surface area contributed by atoms with Crippen molar-refractivity contribution < 1.29 is 14.0 Å². The second-order valence-corrected chi connectivity index (χ2v) is 7.84. The minimum absolute atomic E-state index is 0.128. The Kier molecular flexibility index (Phi) is 6.48. The summed E-state index contributed by atoms with van der Waals surface area (Å²) in [5.74, 6) is -1.63. The zero-order chi connectivity index (χ0) is 21.6. The molecule has 0 aliphatic carbocycles. The quantitative estimate of drug-likeness (QED) is 0.598. The van der Waals surface area contributed by atoms with Gasteiger partial charge < -0.3 is 5.32 Å². The Morgan fingerprint density at radius 3 is 2.35 bits per heavy atom. The zero-order valence-electron chi connectivity index (χ0n) is 17.1. The molecule has 1 aliphatic rings. The first kappa shape index (κ1) is 20.9. The number of benzene rings is 2. The number of hydrogen-bond donors (Lipinski definition) is 1. The number of ketones is 1. The van der Waals surface area contributed by atoms with E-state index in [1.54, 1.807) is 12.4 Å². The van der Waals surface area contributed by atoms with Crippen molar-refractivity contribution >= 4 is 11.7 Å². The first-order chi connectivity index (χ1) is 15.1. The molecule has 0 saturated carbocycles. The molecule has 158 valence electrons. The molecule has 1 N–H and O–H groups in total. The van der Waals surface area contributed by atoms with Crippen molar-refractivity contribution in [3.8, 4) is 0 Å². The minimum Gasteiger partial charge on any atom is -0.352 e. The lowest BCUT2D eigenvalue weighted by molar-refractivity contribution is -0.125. The molecule has 2 aromatic carbocycles. The molecule has 0 radical (unpaired) electrons. The molecule has 1 saturated heterocycles. The number of amides is 1. The van der Waals surface area contributed by atoms with Crippen LogP contribution >= 0.6 is 0 Å². The average molecular weight is 417 g/mol. The van der Waals surface area contributed by atoms with E-state index in [-0.39, 0.29) is 17.5 Å². The van der Waals surface area contributed by atoms with E-state index in [4.69, 9.17) is 0 Å². The van der Waals surface area contributed by atoms with Gasteiger partial charge in [0.15, 0.2) is 5.78 Å². The number of nitrogens with zero attached hydrogens (tertiary/aromatic N) is 2. The summed E-state index contributed by atoms with van der Waals surface area (Å²) in [6, 6.07) is 19.2. The van der Waals surface area contributed by atoms with E-state index in [9.17, 15) is 14.0 Å². The van der Waals surface area contributed by atoms with Crippen LogP contribution < -0.4 is 5.32 Å². The maximum absolute atomic E-state index is 13.3. The lowest BCUT2D eigenvalue weighted by Crippen LogP contribution is -2.37. The van der Waals surface area contributed by atoms with Gasteiger partial charge >= 0.3 is 0 Å². The lowest BCUT2D eigenvalue weighted by Gasteiger charge is -2.17. The average Bonchev–Trinajstić information content (AvgIpc) is 3.22. The molecule has 31 heavy (non-hydrogen) atoms. The van der Waals surface area contributed by atoms with Gasteiger partial charge in [0, 0.05) is 50.1 Å². The van der Waals surface area contributed by atoms with Gasteiger partial charge in [0.1, 0.15) is 5.82 Å². The van der Waals surface area contributed by atoms with Gasteiger partial charge in [-0.05, 0) is 41.5 Å². The van der Waals surface area contributed by atoms with E-state index < -0.39 is 11.8 Å². The van der Waals surface area contributed by atoms with E-state index in [1.807, 2.05) is 42.5 Å². The standard InChI is InChI=1S/C25H24FN3O2/c26-21-10-8-20(9-11-21)24(30)22-16-29(15-18-5-2-1-3-6-18)17-23(22)25(31)28-14-19-7-4-12-27-13-19/h1-13,22-23H,14-17H2,(H,28,31)/t22-,23-/m1/s1. The van der Waals surface area contributed by atoms with Gasteiger partial charge in [-0.3, -0.25) is 19.5 Å². The molecule has 5 nitrogen and oxygen atoms in total. The molecule has 2 heterocycles. The Balaban J connectivity index is 1.50. The molecule has 0 bridgehead atoms. The third-order valence-corrected chi connectivity index (χ3v) is 5.64. The van der Waals surface area contributed by atoms with Crippen molar-refractivity contribution in [2.45, 2.75) is 13.1 Å². The molecule has 0 unspecified atom stereocenters. The predicted molar refractivity (Wildman–Crippen MR) is 116 cm³/mol. The highest BCUT2D eigenvalue weighted by atomic mass is 19.1. The molecule has 0 spiro atoms. The van der Waals surface area contributed by atoms with Crippen LogP contribution in [-0.2, 0) is 17.9 Å². The first-order valence-electron chi connectivity index (χ1n) is 10.3. The maximum Gasteiger partial charge on any atom is 0.225 e. The van der Waals surface area contributed by atoms with Crippen molar-refractivity contribution in [2.24, 2.45) is 11.8 Å². The molecule has 3 aromatic rings. The fourth-order valence-corrected chi connectivity index (χ4v) is 4.04. The molecule has 1 amide bonds. The van der Waals surface area contributed by atoms with Crippen LogP contribution in [0.4, 0.5) is 4.39 Å². The second kappa shape index (κ2) is 9.62. The SMILES string of the molecule is O=C(NCc1cccnc1)[C@@H]1CN(Cc2ccccc2)C[C@H]1C(=O)c1ccc(F)cc1. The maximum atomic E-state index is 13.3. The fraction of sp³-hybridized carbons (Fsp3) is 0.240. The Morgan fingerprint density at radius 1 is 0.935 bits per heavy atom. The predicted octanol–water partition coefficient (Wildman–Crippen LogP) is 3.47. The van der Waals surface area contributed by atoms with E-state index >= 15 is 0 Å². The van der Waals surface area contributed by atoms with E-state index in [0.29, 0.717) is 31.7 Å². The highest BCUT2D eigenvalue weighted by Gasteiger charge is 2.41. The highest BCUT2D eigenvalue weighted by molar-refractivity contribution is 6.01. The van der Waals surface area contributed by atoms with Crippen molar-refractivity contribution in [1.29, 1.82) is 0 Å². The number of carbonyl (C=O) groups is 2. The van der Waals surface area contributed by atoms with Crippen LogP contribution in [0.25, 0.3) is 0 Å². The first-order valence-corrected chi connectivity index (χ1v) is 10.3. The van der Waals surface area contributed by atoms with E-state index in [1.165, 1.54) is 24.3 Å². The normalized spacial score (nSPS) is 18.6. The van der Waals surface area contributed by atoms with Crippen LogP contribution in [0.5, 0.6) is 0 Å². The van der Waals surface area contributed by atoms with Gasteiger partial charge in [0.25, 0.3) is 0 Å². The number of Topliss-reactive ketones (excluding diaryl/α,β-unsaturated/α-hetero) is 1. The summed E-state index contributed by atoms with van der Waals surface area (Å²) in [5, 5.41) is 2.95. The summed E-state index contributed by atoms with van der Waals surface area (Å²) in [5.41, 5.74) is 2.46. The van der Waals surface area contributed by atoms with Gasteiger partial charge in [-0.2, -0.15) is 0 Å². The van der Waals surface area contributed by atoms with Crippen LogP contribution in [-0.4, -0.2) is 34.7 Å². The Hall–Kier alpha value is -3.38. The Bertz CT molecular complexity index is 1030. The molecular weight excluding hydrogens is 393 g/mol. The van der Waals surface area contributed by atoms with E-state index in [0.717, 1.165) is 11.1 Å². The summed E-state index contributed by atoms with van der Waals surface area (Å²) in [7, 11) is 0. The minimum atomic E-state index is -0.483. The number of likely N-dealkylation sites (tertiary alicyclic amines) is 1. The van der Waals surface area contributed by atoms with Gasteiger partial charge in [-0.15, -0.1) is 0 Å². The summed E-state index contributed by atoms with van der Waals surface area (Å²) in [6.07, 6.45) is 3.39. The Morgan fingerprint density at radius 2 is 1.65 bits per heavy atom. The second-order valence-electron chi connectivity index (χ2n) is 7.84. The molecule has 2 atom stereocenters. The van der Waals surface area contributed by atoms with Gasteiger partial charge in [-0.1, -0.05) is 36.4 Å². The van der Waals surface area contributed by atoms with E-state index in [2.05, 4.69) is 15.2 Å². The largest absolute Gasteiger partial charge is 0.352 e. The molecule has 1 fully saturated rings. The summed E-state index contributed by atoms with van der Waals surface area (Å²) < 4.78 is 13.3. The lowest BCUT2D eigenvalue weighted by atomic mass is 9.87. The molecule has 1 aliphatic heterocycles. The number of pyridine rings is 1.